The molecule has 0 saturated heterocycles. The van der Waals surface area contributed by atoms with E-state index in [0.29, 0.717) is 0 Å². The molecule has 1 N–H and O–H groups in total. The van der Waals surface area contributed by atoms with E-state index in [1.807, 2.05) is 0 Å². The minimum Gasteiger partial charge on any atom is -0.487 e. The van der Waals surface area contributed by atoms with Crippen LogP contribution in [0.25, 0.3) is 5.43 Å². The lowest BCUT2D eigenvalue weighted by molar-refractivity contribution is -0.827. The van der Waals surface area contributed by atoms with Gasteiger partial charge >= 0.3 is 0 Å². The number of quaternary nitrogens is 1. The fourth-order valence-corrected chi connectivity index (χ4v) is 2.44. The van der Waals surface area contributed by atoms with Gasteiger partial charge in [-0.1, -0.05) is 11.8 Å². The van der Waals surface area contributed by atoms with Crippen molar-refractivity contribution in [1.29, 1.82) is 0 Å². The maximum atomic E-state index is 4.43. The van der Waals surface area contributed by atoms with Crippen LogP contribution < -0.4 is 5.01 Å². The van der Waals surface area contributed by atoms with E-state index in [2.05, 4.69) is 25.8 Å². The maximum Gasteiger partial charge on any atom is 0.115 e. The summed E-state index contributed by atoms with van der Waals surface area (Å²) < 4.78 is 6.58. The van der Waals surface area contributed by atoms with Gasteiger partial charge in [-0.25, -0.2) is 3.15 Å². The van der Waals surface area contributed by atoms with Gasteiger partial charge in [-0.15, -0.1) is 0 Å². The first-order chi connectivity index (χ1) is 4.86. The minimum atomic E-state index is -0.0252. The molecule has 0 aromatic rings. The Labute approximate surface area is 69.9 Å². The van der Waals surface area contributed by atoms with Gasteiger partial charge in [-0.2, -0.15) is 0 Å². The van der Waals surface area contributed by atoms with Gasteiger partial charge in [0.15, 0.2) is 0 Å². The SMILES string of the molecule is C[NH+]1CC2=C(C=CI=N2)[N-]1. The average molecular weight is 249 g/mol. The van der Waals surface area contributed by atoms with Gasteiger partial charge in [0.1, 0.15) is 6.54 Å². The Hall–Kier alpha value is -0.230. The van der Waals surface area contributed by atoms with Crippen LogP contribution in [0.2, 0.25) is 0 Å². The first-order valence-electron chi connectivity index (χ1n) is 3.14. The summed E-state index contributed by atoms with van der Waals surface area (Å²) in [5.41, 5.74) is 6.66. The fraction of sp³-hybridized carbons (Fsp3) is 0.333. The molecule has 3 nitrogen and oxygen atoms in total. The summed E-state index contributed by atoms with van der Waals surface area (Å²) in [5.74, 6) is 0. The Morgan fingerprint density at radius 1 is 1.80 bits per heavy atom. The van der Waals surface area contributed by atoms with E-state index in [9.17, 15) is 0 Å². The molecular formula is C6H8IN3. The zero-order valence-corrected chi connectivity index (χ0v) is 7.79. The van der Waals surface area contributed by atoms with E-state index in [4.69, 9.17) is 0 Å². The van der Waals surface area contributed by atoms with Crippen molar-refractivity contribution in [1.82, 2.24) is 0 Å². The molecule has 0 amide bonds. The number of rotatable bonds is 0. The molecule has 0 bridgehead atoms. The third-order valence-corrected chi connectivity index (χ3v) is 3.00. The summed E-state index contributed by atoms with van der Waals surface area (Å²) in [5, 5.41) is 1.20. The van der Waals surface area contributed by atoms with Crippen molar-refractivity contribution in [3.05, 3.63) is 27.0 Å². The molecule has 2 aliphatic rings. The number of allylic oxidation sites excluding steroid dienone is 1. The fourth-order valence-electron chi connectivity index (χ4n) is 1.02. The average Bonchev–Trinajstić information content (AvgIpc) is 2.27. The lowest BCUT2D eigenvalue weighted by atomic mass is 10.3. The van der Waals surface area contributed by atoms with Crippen LogP contribution in [0.4, 0.5) is 0 Å². The second-order valence-corrected chi connectivity index (χ2v) is 4.09. The Morgan fingerprint density at radius 3 is 3.50 bits per heavy atom. The van der Waals surface area contributed by atoms with E-state index in [0.717, 1.165) is 12.2 Å². The molecule has 54 valence electrons. The van der Waals surface area contributed by atoms with Crippen molar-refractivity contribution in [3.8, 4) is 0 Å². The Morgan fingerprint density at radius 2 is 2.70 bits per heavy atom. The molecule has 4 heteroatoms. The van der Waals surface area contributed by atoms with Gasteiger partial charge in [0.25, 0.3) is 0 Å². The number of likely N-dealkylation sites (N-methyl/N-ethyl adjacent to an activating group) is 1. The third-order valence-electron chi connectivity index (χ3n) is 1.46. The molecule has 2 heterocycles. The van der Waals surface area contributed by atoms with Crippen molar-refractivity contribution in [2.24, 2.45) is 3.15 Å². The summed E-state index contributed by atoms with van der Waals surface area (Å²) in [4.78, 5) is 0. The highest BCUT2D eigenvalue weighted by Crippen LogP contribution is 2.24. The lowest BCUT2D eigenvalue weighted by Crippen LogP contribution is -3.03. The summed E-state index contributed by atoms with van der Waals surface area (Å²) in [6, 6.07) is 0. The highest BCUT2D eigenvalue weighted by molar-refractivity contribution is 14.2. The van der Waals surface area contributed by atoms with Crippen molar-refractivity contribution >= 4 is 21.0 Å². The van der Waals surface area contributed by atoms with Gasteiger partial charge < -0.3 is 10.4 Å². The Kier molecular flexibility index (Phi) is 1.57. The van der Waals surface area contributed by atoms with Crippen molar-refractivity contribution in [2.75, 3.05) is 13.6 Å². The molecule has 0 radical (unpaired) electrons. The summed E-state index contributed by atoms with van der Waals surface area (Å²) in [6.45, 7) is 0.986. The van der Waals surface area contributed by atoms with Gasteiger partial charge in [0, 0.05) is 21.0 Å². The van der Waals surface area contributed by atoms with Crippen LogP contribution in [0.3, 0.4) is 0 Å². The van der Waals surface area contributed by atoms with Crippen molar-refractivity contribution in [3.63, 3.8) is 0 Å². The molecule has 0 fully saturated rings. The predicted molar refractivity (Wildman–Crippen MR) is 47.7 cm³/mol. The minimum absolute atomic E-state index is 0.0252. The van der Waals surface area contributed by atoms with Crippen LogP contribution in [0.5, 0.6) is 0 Å². The number of nitrogens with one attached hydrogen (secondary N) is 1. The van der Waals surface area contributed by atoms with Crippen molar-refractivity contribution in [2.45, 2.75) is 0 Å². The van der Waals surface area contributed by atoms with Gasteiger partial charge in [-0.05, 0) is 4.08 Å². The smallest absolute Gasteiger partial charge is 0.115 e. The second kappa shape index (κ2) is 2.43. The predicted octanol–water partition coefficient (Wildman–Crippen LogP) is 0.697. The molecule has 1 unspecified atom stereocenters. The molecular weight excluding hydrogens is 241 g/mol. The first-order valence-corrected chi connectivity index (χ1v) is 5.35. The summed E-state index contributed by atoms with van der Waals surface area (Å²) >= 11 is -0.0252. The molecule has 0 aromatic carbocycles. The van der Waals surface area contributed by atoms with Crippen molar-refractivity contribution < 1.29 is 5.01 Å². The largest absolute Gasteiger partial charge is 0.487 e. The summed E-state index contributed by atoms with van der Waals surface area (Å²) in [6.07, 6.45) is 2.10. The van der Waals surface area contributed by atoms with Crippen LogP contribution in [-0.4, -0.2) is 13.6 Å². The maximum absolute atomic E-state index is 4.43. The van der Waals surface area contributed by atoms with E-state index < -0.39 is 0 Å². The standard InChI is InChI=1S/C6H8IN3/c1-10-4-6-5(9-10)2-3-7-8-6/h2-3,10H,4H2,1H3. The normalized spacial score (nSPS) is 29.5. The molecule has 2 aliphatic heterocycles. The zero-order valence-electron chi connectivity index (χ0n) is 5.63. The van der Waals surface area contributed by atoms with Crippen LogP contribution in [-0.2, 0) is 0 Å². The Balaban J connectivity index is 2.31. The third kappa shape index (κ3) is 1.01. The van der Waals surface area contributed by atoms with Crippen LogP contribution in [0.15, 0.2) is 24.7 Å². The zero-order chi connectivity index (χ0) is 6.97. The first kappa shape index (κ1) is 6.48. The highest BCUT2D eigenvalue weighted by atomic mass is 127. The number of halogens is 1. The van der Waals surface area contributed by atoms with E-state index in [-0.39, 0.29) is 21.0 Å². The van der Waals surface area contributed by atoms with E-state index in [1.165, 1.54) is 10.7 Å². The second-order valence-electron chi connectivity index (χ2n) is 2.33. The molecule has 1 atom stereocenters. The monoisotopic (exact) mass is 249 g/mol. The van der Waals surface area contributed by atoms with Gasteiger partial charge in [0.05, 0.1) is 12.7 Å². The molecule has 0 spiro atoms. The van der Waals surface area contributed by atoms with E-state index >= 15 is 0 Å². The molecule has 10 heavy (non-hydrogen) atoms. The molecule has 0 aliphatic carbocycles. The highest BCUT2D eigenvalue weighted by Gasteiger charge is 2.11. The van der Waals surface area contributed by atoms with Gasteiger partial charge in [-0.3, -0.25) is 0 Å². The van der Waals surface area contributed by atoms with Crippen LogP contribution in [0, 0.1) is 0 Å². The van der Waals surface area contributed by atoms with Crippen LogP contribution >= 0.6 is 21.0 Å². The summed E-state index contributed by atoms with van der Waals surface area (Å²) in [7, 11) is 2.06. The van der Waals surface area contributed by atoms with Crippen LogP contribution in [0.1, 0.15) is 0 Å². The quantitative estimate of drug-likeness (QED) is 0.612. The Bertz CT molecular complexity index is 217. The topological polar surface area (TPSA) is 30.9 Å². The molecule has 0 aromatic heterocycles. The lowest BCUT2D eigenvalue weighted by Gasteiger charge is -2.19. The number of hydrogen-bond acceptors (Lipinski definition) is 1. The van der Waals surface area contributed by atoms with Gasteiger partial charge in [0.2, 0.25) is 0 Å². The number of nitrogens with zero attached hydrogens (tertiary/aromatic N) is 2. The molecule has 2 rings (SSSR count). The number of hydrogen-bond donors (Lipinski definition) is 1. The van der Waals surface area contributed by atoms with E-state index in [1.54, 1.807) is 0 Å². The molecule has 0 saturated carbocycles.